The van der Waals surface area contributed by atoms with Crippen LogP contribution in [0.25, 0.3) is 0 Å². The SMILES string of the molecule is CN1CCN(c2ccc(C(=O)NC(=[NH2+])c3ccc(OCCOCc4ccccc4)cc3N)cc2)CC1. The molecule has 1 aliphatic heterocycles. The molecule has 0 spiro atoms. The minimum absolute atomic E-state index is 0.193. The smallest absolute Gasteiger partial charge is 0.339 e. The molecule has 3 aromatic carbocycles. The first-order valence-electron chi connectivity index (χ1n) is 12.1. The van der Waals surface area contributed by atoms with Gasteiger partial charge in [-0.25, -0.2) is 10.1 Å². The van der Waals surface area contributed by atoms with Crippen LogP contribution in [0.2, 0.25) is 0 Å². The van der Waals surface area contributed by atoms with Crippen molar-refractivity contribution in [1.29, 1.82) is 0 Å². The van der Waals surface area contributed by atoms with Crippen LogP contribution in [-0.2, 0) is 11.3 Å². The fraction of sp³-hybridized carbons (Fsp3) is 0.286. The van der Waals surface area contributed by atoms with E-state index in [4.69, 9.17) is 20.6 Å². The molecule has 8 heteroatoms. The van der Waals surface area contributed by atoms with Crippen LogP contribution in [0.15, 0.2) is 72.8 Å². The van der Waals surface area contributed by atoms with E-state index in [1.807, 2.05) is 54.6 Å². The molecule has 36 heavy (non-hydrogen) atoms. The summed E-state index contributed by atoms with van der Waals surface area (Å²) in [7, 11) is 2.13. The Kier molecular flexibility index (Phi) is 8.54. The molecule has 1 saturated heterocycles. The van der Waals surface area contributed by atoms with E-state index in [1.54, 1.807) is 18.2 Å². The van der Waals surface area contributed by atoms with Gasteiger partial charge >= 0.3 is 5.91 Å². The number of carbonyl (C=O) groups excluding carboxylic acids is 1. The van der Waals surface area contributed by atoms with Crippen molar-refractivity contribution in [2.24, 2.45) is 0 Å². The molecule has 3 aromatic rings. The molecule has 5 N–H and O–H groups in total. The molecule has 1 heterocycles. The Bertz CT molecular complexity index is 1160. The number of anilines is 2. The van der Waals surface area contributed by atoms with Gasteiger partial charge in [-0.3, -0.25) is 5.41 Å². The monoisotopic (exact) mass is 488 g/mol. The second kappa shape index (κ2) is 12.2. The van der Waals surface area contributed by atoms with E-state index in [0.29, 0.717) is 42.4 Å². The van der Waals surface area contributed by atoms with E-state index in [1.165, 1.54) is 0 Å². The highest BCUT2D eigenvalue weighted by atomic mass is 16.5. The van der Waals surface area contributed by atoms with Gasteiger partial charge in [0.05, 0.1) is 30.0 Å². The van der Waals surface area contributed by atoms with Gasteiger partial charge in [0.25, 0.3) is 5.84 Å². The van der Waals surface area contributed by atoms with Crippen LogP contribution in [0.3, 0.4) is 0 Å². The van der Waals surface area contributed by atoms with Crippen molar-refractivity contribution in [3.05, 3.63) is 89.5 Å². The van der Waals surface area contributed by atoms with E-state index in [0.717, 1.165) is 37.4 Å². The van der Waals surface area contributed by atoms with Crippen LogP contribution < -0.4 is 26.1 Å². The normalized spacial score (nSPS) is 13.9. The number of hydrogen-bond acceptors (Lipinski definition) is 6. The molecule has 8 nitrogen and oxygen atoms in total. The average Bonchev–Trinajstić information content (AvgIpc) is 2.89. The number of nitrogens with one attached hydrogen (secondary N) is 1. The van der Waals surface area contributed by atoms with Gasteiger partial charge in [0.15, 0.2) is 0 Å². The molecular formula is C28H34N5O3+. The number of carbonyl (C=O) groups is 1. The summed E-state index contributed by atoms with van der Waals surface area (Å²) in [5, 5.41) is 8.92. The topological polar surface area (TPSA) is 106 Å². The van der Waals surface area contributed by atoms with Gasteiger partial charge in [-0.1, -0.05) is 30.3 Å². The first-order chi connectivity index (χ1) is 17.5. The number of benzene rings is 3. The lowest BCUT2D eigenvalue weighted by Gasteiger charge is -2.34. The number of nitrogens with two attached hydrogens (primary N) is 2. The third-order valence-electron chi connectivity index (χ3n) is 6.17. The highest BCUT2D eigenvalue weighted by Gasteiger charge is 2.20. The van der Waals surface area contributed by atoms with Crippen LogP contribution in [0.5, 0.6) is 5.75 Å². The van der Waals surface area contributed by atoms with Gasteiger partial charge in [-0.05, 0) is 49.0 Å². The zero-order valence-electron chi connectivity index (χ0n) is 20.7. The lowest BCUT2D eigenvalue weighted by molar-refractivity contribution is -0.116. The largest absolute Gasteiger partial charge is 0.491 e. The van der Waals surface area contributed by atoms with Gasteiger partial charge in [0.1, 0.15) is 12.4 Å². The number of nitrogens with zero attached hydrogens (tertiary/aromatic N) is 2. The van der Waals surface area contributed by atoms with Crippen molar-refractivity contribution in [1.82, 2.24) is 10.2 Å². The van der Waals surface area contributed by atoms with Gasteiger partial charge < -0.3 is 25.0 Å². The minimum Gasteiger partial charge on any atom is -0.491 e. The van der Waals surface area contributed by atoms with E-state index in [2.05, 4.69) is 22.2 Å². The summed E-state index contributed by atoms with van der Waals surface area (Å²) in [5.41, 5.74) is 9.91. The van der Waals surface area contributed by atoms with Crippen molar-refractivity contribution in [3.8, 4) is 5.75 Å². The van der Waals surface area contributed by atoms with Crippen LogP contribution in [0.1, 0.15) is 21.5 Å². The third kappa shape index (κ3) is 6.84. The number of hydrogen-bond donors (Lipinski definition) is 3. The number of amides is 1. The van der Waals surface area contributed by atoms with Crippen LogP contribution in [0.4, 0.5) is 11.4 Å². The second-order valence-electron chi connectivity index (χ2n) is 8.84. The summed E-state index contributed by atoms with van der Waals surface area (Å²) in [6, 6.07) is 22.8. The van der Waals surface area contributed by atoms with Crippen molar-refractivity contribution in [2.75, 3.05) is 57.1 Å². The number of ether oxygens (including phenoxy) is 2. The Morgan fingerprint density at radius 2 is 1.69 bits per heavy atom. The zero-order chi connectivity index (χ0) is 25.3. The summed E-state index contributed by atoms with van der Waals surface area (Å²) < 4.78 is 11.4. The molecular weight excluding hydrogens is 454 g/mol. The number of amidine groups is 1. The molecule has 0 unspecified atom stereocenters. The summed E-state index contributed by atoms with van der Waals surface area (Å²) in [6.07, 6.45) is 0. The highest BCUT2D eigenvalue weighted by molar-refractivity contribution is 6.12. The molecule has 0 bridgehead atoms. The van der Waals surface area contributed by atoms with E-state index < -0.39 is 0 Å². The number of likely N-dealkylation sites (N-methyl/N-ethyl adjacent to an activating group) is 1. The molecule has 1 amide bonds. The maximum Gasteiger partial charge on any atom is 0.339 e. The molecule has 0 radical (unpaired) electrons. The zero-order valence-corrected chi connectivity index (χ0v) is 20.7. The lowest BCUT2D eigenvalue weighted by atomic mass is 10.1. The number of nitrogen functional groups attached to an aromatic ring is 1. The summed E-state index contributed by atoms with van der Waals surface area (Å²) >= 11 is 0. The van der Waals surface area contributed by atoms with Crippen LogP contribution in [0, 0.1) is 0 Å². The Hall–Kier alpha value is -3.88. The minimum atomic E-state index is -0.285. The fourth-order valence-corrected chi connectivity index (χ4v) is 4.01. The molecule has 0 saturated carbocycles. The predicted molar refractivity (Wildman–Crippen MR) is 142 cm³/mol. The quantitative estimate of drug-likeness (QED) is 0.183. The predicted octanol–water partition coefficient (Wildman–Crippen LogP) is 1.55. The van der Waals surface area contributed by atoms with Gasteiger partial charge in [0.2, 0.25) is 0 Å². The standard InChI is InChI=1S/C28H33N5O3/c1-32-13-15-33(16-14-32)23-9-7-22(8-10-23)28(34)31-27(30)25-12-11-24(19-26(25)29)36-18-17-35-20-21-5-3-2-4-6-21/h2-12,19H,13-18,20,29H2,1H3,(H2,30,31,34)/p+1. The molecule has 0 atom stereocenters. The second-order valence-corrected chi connectivity index (χ2v) is 8.84. The molecule has 4 rings (SSSR count). The summed E-state index contributed by atoms with van der Waals surface area (Å²) in [6.45, 7) is 5.39. The van der Waals surface area contributed by atoms with Gasteiger partial charge in [0, 0.05) is 37.9 Å². The van der Waals surface area contributed by atoms with E-state index >= 15 is 0 Å². The highest BCUT2D eigenvalue weighted by Crippen LogP contribution is 2.20. The number of piperazine rings is 1. The van der Waals surface area contributed by atoms with Crippen molar-refractivity contribution in [2.45, 2.75) is 6.61 Å². The summed E-state index contributed by atoms with van der Waals surface area (Å²) in [4.78, 5) is 17.4. The Labute approximate surface area is 212 Å². The maximum atomic E-state index is 12.7. The molecule has 0 aliphatic carbocycles. The lowest BCUT2D eigenvalue weighted by Crippen LogP contribution is -2.51. The molecule has 1 aliphatic rings. The first kappa shape index (κ1) is 25.2. The molecule has 188 valence electrons. The van der Waals surface area contributed by atoms with Gasteiger partial charge in [-0.15, -0.1) is 0 Å². The number of rotatable bonds is 9. The molecule has 1 fully saturated rings. The molecule has 0 aromatic heterocycles. The van der Waals surface area contributed by atoms with E-state index in [9.17, 15) is 4.79 Å². The van der Waals surface area contributed by atoms with Crippen molar-refractivity contribution < 1.29 is 19.7 Å². The van der Waals surface area contributed by atoms with Crippen LogP contribution in [-0.4, -0.2) is 63.1 Å². The first-order valence-corrected chi connectivity index (χ1v) is 12.1. The van der Waals surface area contributed by atoms with Crippen molar-refractivity contribution in [3.63, 3.8) is 0 Å². The summed E-state index contributed by atoms with van der Waals surface area (Å²) in [5.74, 6) is 0.518. The maximum absolute atomic E-state index is 12.7. The third-order valence-corrected chi connectivity index (χ3v) is 6.17. The van der Waals surface area contributed by atoms with Crippen molar-refractivity contribution >= 4 is 23.1 Å². The Balaban J connectivity index is 1.25. The fourth-order valence-electron chi connectivity index (χ4n) is 4.01. The Morgan fingerprint density at radius 3 is 2.39 bits per heavy atom. The average molecular weight is 489 g/mol. The van der Waals surface area contributed by atoms with Crippen LogP contribution >= 0.6 is 0 Å². The Morgan fingerprint density at radius 1 is 0.972 bits per heavy atom. The van der Waals surface area contributed by atoms with E-state index in [-0.39, 0.29) is 11.7 Å². The van der Waals surface area contributed by atoms with Gasteiger partial charge in [-0.2, -0.15) is 0 Å².